The smallest absolute Gasteiger partial charge is 0.326 e. The molecule has 188 valence electrons. The molecule has 3 rings (SSSR count). The van der Waals surface area contributed by atoms with Gasteiger partial charge in [-0.05, 0) is 38.5 Å². The Morgan fingerprint density at radius 1 is 0.944 bits per heavy atom. The molecule has 0 saturated heterocycles. The zero-order valence-corrected chi connectivity index (χ0v) is 21.5. The SMILES string of the molecule is CC(=O)c1c(C(=O)NC(Cc2ccc(NC(=O)c3c(Cl)cncc3Cl)cc2)C(=O)O)c(C)n(C)c1C. The highest BCUT2D eigenvalue weighted by molar-refractivity contribution is 6.40. The van der Waals surface area contributed by atoms with Crippen LogP contribution in [0.1, 0.15) is 54.9 Å². The Kier molecular flexibility index (Phi) is 8.17. The maximum Gasteiger partial charge on any atom is 0.326 e. The number of rotatable bonds is 8. The van der Waals surface area contributed by atoms with Crippen LogP contribution in [0.15, 0.2) is 36.7 Å². The summed E-state index contributed by atoms with van der Waals surface area (Å²) in [5.74, 6) is -2.66. The molecule has 2 amide bonds. The molecule has 11 heteroatoms. The number of benzene rings is 1. The van der Waals surface area contributed by atoms with Crippen LogP contribution in [-0.2, 0) is 18.3 Å². The number of pyridine rings is 1. The summed E-state index contributed by atoms with van der Waals surface area (Å²) in [5.41, 5.74) is 2.75. The molecule has 0 aliphatic heterocycles. The van der Waals surface area contributed by atoms with E-state index in [0.29, 0.717) is 22.6 Å². The fourth-order valence-corrected chi connectivity index (χ4v) is 4.41. The number of ketones is 1. The maximum absolute atomic E-state index is 13.0. The van der Waals surface area contributed by atoms with Crippen LogP contribution in [0.2, 0.25) is 10.0 Å². The van der Waals surface area contributed by atoms with E-state index in [1.807, 2.05) is 0 Å². The lowest BCUT2D eigenvalue weighted by Crippen LogP contribution is -2.42. The summed E-state index contributed by atoms with van der Waals surface area (Å²) in [5, 5.41) is 15.1. The van der Waals surface area contributed by atoms with Crippen LogP contribution >= 0.6 is 23.2 Å². The molecule has 0 radical (unpaired) electrons. The highest BCUT2D eigenvalue weighted by Crippen LogP contribution is 2.25. The second-order valence-electron chi connectivity index (χ2n) is 8.23. The standard InChI is InChI=1S/C25H24Cl2N4O5/c1-12-20(14(3)32)21(13(2)31(12)4)23(33)30-19(25(35)36)9-15-5-7-16(8-6-15)29-24(34)22-17(26)10-28-11-18(22)27/h5-8,10-11,19H,9H2,1-4H3,(H,29,34)(H,30,33)(H,35,36). The fourth-order valence-electron chi connectivity index (χ4n) is 3.87. The summed E-state index contributed by atoms with van der Waals surface area (Å²) < 4.78 is 1.72. The van der Waals surface area contributed by atoms with Crippen LogP contribution in [0, 0.1) is 13.8 Å². The van der Waals surface area contributed by atoms with Gasteiger partial charge in [-0.3, -0.25) is 19.4 Å². The lowest BCUT2D eigenvalue weighted by molar-refractivity contribution is -0.139. The van der Waals surface area contributed by atoms with Gasteiger partial charge in [-0.25, -0.2) is 4.79 Å². The Morgan fingerprint density at radius 2 is 1.50 bits per heavy atom. The first kappa shape index (κ1) is 26.9. The summed E-state index contributed by atoms with van der Waals surface area (Å²) in [4.78, 5) is 53.4. The number of Topliss-reactive ketones (excluding diaryl/α,β-unsaturated/α-hetero) is 1. The number of hydrogen-bond donors (Lipinski definition) is 3. The van der Waals surface area contributed by atoms with Gasteiger partial charge in [0.25, 0.3) is 11.8 Å². The first-order chi connectivity index (χ1) is 16.9. The maximum atomic E-state index is 13.0. The molecule has 9 nitrogen and oxygen atoms in total. The third-order valence-corrected chi connectivity index (χ3v) is 6.47. The van der Waals surface area contributed by atoms with Crippen molar-refractivity contribution in [2.24, 2.45) is 7.05 Å². The van der Waals surface area contributed by atoms with Crippen molar-refractivity contribution in [3.05, 3.63) is 80.3 Å². The molecule has 0 spiro atoms. The van der Waals surface area contributed by atoms with E-state index in [-0.39, 0.29) is 38.9 Å². The van der Waals surface area contributed by atoms with Crippen LogP contribution in [0.25, 0.3) is 0 Å². The number of hydrogen-bond acceptors (Lipinski definition) is 5. The van der Waals surface area contributed by atoms with Crippen molar-refractivity contribution >= 4 is 52.5 Å². The van der Waals surface area contributed by atoms with E-state index in [0.717, 1.165) is 0 Å². The minimum atomic E-state index is -1.24. The monoisotopic (exact) mass is 530 g/mol. The van der Waals surface area contributed by atoms with Gasteiger partial charge in [0.1, 0.15) is 6.04 Å². The molecule has 0 bridgehead atoms. The molecule has 3 N–H and O–H groups in total. The highest BCUT2D eigenvalue weighted by Gasteiger charge is 2.28. The number of carbonyl (C=O) groups is 4. The molecule has 36 heavy (non-hydrogen) atoms. The van der Waals surface area contributed by atoms with Gasteiger partial charge >= 0.3 is 5.97 Å². The lowest BCUT2D eigenvalue weighted by atomic mass is 10.0. The fraction of sp³-hybridized carbons (Fsp3) is 0.240. The highest BCUT2D eigenvalue weighted by atomic mass is 35.5. The van der Waals surface area contributed by atoms with Crippen molar-refractivity contribution in [3.63, 3.8) is 0 Å². The van der Waals surface area contributed by atoms with Crippen molar-refractivity contribution in [2.75, 3.05) is 5.32 Å². The van der Waals surface area contributed by atoms with E-state index >= 15 is 0 Å². The Morgan fingerprint density at radius 3 is 2.03 bits per heavy atom. The van der Waals surface area contributed by atoms with Crippen LogP contribution in [-0.4, -0.2) is 44.3 Å². The average molecular weight is 531 g/mol. The van der Waals surface area contributed by atoms with Crippen LogP contribution < -0.4 is 10.6 Å². The van der Waals surface area contributed by atoms with Gasteiger partial charge in [0.05, 0.1) is 26.7 Å². The van der Waals surface area contributed by atoms with E-state index in [9.17, 15) is 24.3 Å². The Bertz CT molecular complexity index is 1350. The number of nitrogens with one attached hydrogen (secondary N) is 2. The number of carboxylic acids is 1. The normalized spacial score (nSPS) is 11.6. The Hall–Kier alpha value is -3.69. The number of aromatic nitrogens is 2. The molecule has 1 unspecified atom stereocenters. The summed E-state index contributed by atoms with van der Waals surface area (Å²) in [6.07, 6.45) is 2.60. The largest absolute Gasteiger partial charge is 0.480 e. The first-order valence-electron chi connectivity index (χ1n) is 10.8. The molecule has 0 saturated carbocycles. The van der Waals surface area contributed by atoms with Gasteiger partial charge < -0.3 is 20.3 Å². The van der Waals surface area contributed by atoms with Crippen molar-refractivity contribution in [1.82, 2.24) is 14.9 Å². The van der Waals surface area contributed by atoms with Crippen molar-refractivity contribution in [1.29, 1.82) is 0 Å². The molecule has 3 aromatic rings. The third kappa shape index (κ3) is 5.58. The van der Waals surface area contributed by atoms with Crippen LogP contribution in [0.5, 0.6) is 0 Å². The van der Waals surface area contributed by atoms with E-state index in [1.54, 1.807) is 49.7 Å². The van der Waals surface area contributed by atoms with Crippen molar-refractivity contribution in [3.8, 4) is 0 Å². The van der Waals surface area contributed by atoms with E-state index in [2.05, 4.69) is 15.6 Å². The van der Waals surface area contributed by atoms with Gasteiger partial charge in [-0.1, -0.05) is 35.3 Å². The molecular weight excluding hydrogens is 507 g/mol. The predicted octanol–water partition coefficient (Wildman–Crippen LogP) is 4.22. The molecule has 2 heterocycles. The van der Waals surface area contributed by atoms with E-state index in [4.69, 9.17) is 23.2 Å². The molecule has 0 fully saturated rings. The second kappa shape index (κ2) is 10.9. The number of carbonyl (C=O) groups excluding carboxylic acids is 3. The number of carboxylic acid groups (broad SMARTS) is 1. The van der Waals surface area contributed by atoms with Crippen molar-refractivity contribution in [2.45, 2.75) is 33.2 Å². The van der Waals surface area contributed by atoms with Crippen LogP contribution in [0.4, 0.5) is 5.69 Å². The molecular formula is C25H24Cl2N4O5. The van der Waals surface area contributed by atoms with Gasteiger partial charge in [-0.2, -0.15) is 0 Å². The first-order valence-corrected chi connectivity index (χ1v) is 11.6. The van der Waals surface area contributed by atoms with E-state index < -0.39 is 23.8 Å². The summed E-state index contributed by atoms with van der Waals surface area (Å²) >= 11 is 12.0. The van der Waals surface area contributed by atoms with Gasteiger partial charge in [0.2, 0.25) is 0 Å². The van der Waals surface area contributed by atoms with Crippen LogP contribution in [0.3, 0.4) is 0 Å². The molecule has 2 aromatic heterocycles. The molecule has 1 atom stereocenters. The Labute approximate surface area is 217 Å². The zero-order chi connectivity index (χ0) is 26.7. The number of amides is 2. The summed E-state index contributed by atoms with van der Waals surface area (Å²) in [7, 11) is 1.74. The van der Waals surface area contributed by atoms with Crippen molar-refractivity contribution < 1.29 is 24.3 Å². The lowest BCUT2D eigenvalue weighted by Gasteiger charge is -2.16. The number of aliphatic carboxylic acids is 1. The minimum absolute atomic E-state index is 0.0163. The quantitative estimate of drug-likeness (QED) is 0.373. The second-order valence-corrected chi connectivity index (χ2v) is 9.05. The molecule has 0 aliphatic rings. The summed E-state index contributed by atoms with van der Waals surface area (Å²) in [6, 6.07) is 5.20. The van der Waals surface area contributed by atoms with E-state index in [1.165, 1.54) is 19.3 Å². The number of anilines is 1. The average Bonchev–Trinajstić information content (AvgIpc) is 3.03. The predicted molar refractivity (Wildman–Crippen MR) is 136 cm³/mol. The van der Waals surface area contributed by atoms with Gasteiger partial charge in [-0.15, -0.1) is 0 Å². The molecule has 1 aromatic carbocycles. The topological polar surface area (TPSA) is 130 Å². The summed E-state index contributed by atoms with van der Waals surface area (Å²) in [6.45, 7) is 4.79. The molecule has 0 aliphatic carbocycles. The number of halogens is 2. The zero-order valence-electron chi connectivity index (χ0n) is 20.0. The minimum Gasteiger partial charge on any atom is -0.480 e. The Balaban J connectivity index is 1.75. The van der Waals surface area contributed by atoms with Gasteiger partial charge in [0, 0.05) is 42.9 Å². The number of nitrogens with zero attached hydrogens (tertiary/aromatic N) is 2. The van der Waals surface area contributed by atoms with Gasteiger partial charge in [0.15, 0.2) is 5.78 Å². The third-order valence-electron chi connectivity index (χ3n) is 5.89.